The third-order valence-corrected chi connectivity index (χ3v) is 6.00. The zero-order chi connectivity index (χ0) is 6.78. The van der Waals surface area contributed by atoms with Crippen LogP contribution in [0.15, 0.2) is 0 Å². The van der Waals surface area contributed by atoms with Crippen LogP contribution in [0.3, 0.4) is 0 Å². The molecule has 49 valence electrons. The molecule has 0 saturated heterocycles. The van der Waals surface area contributed by atoms with Crippen molar-refractivity contribution in [3.8, 4) is 0 Å². The molecule has 0 spiro atoms. The zero-order valence-corrected chi connectivity index (χ0v) is 9.94. The second-order valence-corrected chi connectivity index (χ2v) is 15.5. The summed E-state index contributed by atoms with van der Waals surface area (Å²) in [6.07, 6.45) is 0. The Balaban J connectivity index is 3.39. The second kappa shape index (κ2) is 3.33. The van der Waals surface area contributed by atoms with E-state index in [1.165, 1.54) is 0 Å². The van der Waals surface area contributed by atoms with Gasteiger partial charge in [-0.25, -0.2) is 0 Å². The van der Waals surface area contributed by atoms with E-state index in [9.17, 15) is 0 Å². The minimum absolute atomic E-state index is 0.438. The van der Waals surface area contributed by atoms with Crippen molar-refractivity contribution in [3.63, 3.8) is 0 Å². The first-order chi connectivity index (χ1) is 3.42. The van der Waals surface area contributed by atoms with Gasteiger partial charge in [-0.1, -0.05) is 21.8 Å². The molecule has 0 rings (SSSR count). The van der Waals surface area contributed by atoms with Gasteiger partial charge in [-0.15, -0.1) is 0 Å². The summed E-state index contributed by atoms with van der Waals surface area (Å²) in [7, 11) is -0.438. The van der Waals surface area contributed by atoms with Gasteiger partial charge in [0.15, 0.2) is 9.04 Å². The topological polar surface area (TPSA) is 9.23 Å². The Bertz CT molecular complexity index is 68.9. The van der Waals surface area contributed by atoms with E-state index in [-0.39, 0.29) is 0 Å². The minimum Gasteiger partial charge on any atom is -0.449 e. The van der Waals surface area contributed by atoms with Crippen molar-refractivity contribution in [2.24, 2.45) is 0 Å². The molecule has 0 atom stereocenters. The molecule has 1 radical (unpaired) electrons. The molecule has 0 bridgehead atoms. The maximum Gasteiger partial charge on any atom is 0.241 e. The molecule has 0 aromatic rings. The summed E-state index contributed by atoms with van der Waals surface area (Å²) in [6, 6.07) is 0. The van der Waals surface area contributed by atoms with Crippen molar-refractivity contribution in [1.29, 1.82) is 0 Å². The van der Waals surface area contributed by atoms with Gasteiger partial charge < -0.3 is 4.12 Å². The lowest BCUT2D eigenvalue weighted by Gasteiger charge is -2.17. The van der Waals surface area contributed by atoms with Crippen LogP contribution in [0.25, 0.3) is 0 Å². The monoisotopic (exact) mass is 259 g/mol. The lowest BCUT2D eigenvalue weighted by atomic mass is 11.9. The predicted molar refractivity (Wildman–Crippen MR) is 50.1 cm³/mol. The van der Waals surface area contributed by atoms with Gasteiger partial charge >= 0.3 is 0 Å². The Morgan fingerprint density at radius 1 is 1.38 bits per heavy atom. The highest BCUT2D eigenvalue weighted by atomic mass is 127. The van der Waals surface area contributed by atoms with Crippen LogP contribution in [0.4, 0.5) is 0 Å². The molecule has 0 unspecified atom stereocenters. The van der Waals surface area contributed by atoms with Crippen molar-refractivity contribution in [3.05, 3.63) is 0 Å². The molecule has 0 aromatic heterocycles. The fraction of sp³-hybridized carbons (Fsp3) is 1.00. The molecule has 0 heterocycles. The van der Waals surface area contributed by atoms with Crippen LogP contribution in [0.2, 0.25) is 26.2 Å². The van der Waals surface area contributed by atoms with Gasteiger partial charge in [0.1, 0.15) is 0 Å². The third kappa shape index (κ3) is 7.12. The van der Waals surface area contributed by atoms with Crippen molar-refractivity contribution >= 4 is 36.7 Å². The Hall–Kier alpha value is 1.12. The largest absolute Gasteiger partial charge is 0.449 e. The fourth-order valence-corrected chi connectivity index (χ4v) is 8.33. The highest BCUT2D eigenvalue weighted by Crippen LogP contribution is 2.13. The molecule has 1 nitrogen and oxygen atoms in total. The van der Waals surface area contributed by atoms with Gasteiger partial charge in [0.05, 0.1) is 0 Å². The molecule has 0 fully saturated rings. The maximum atomic E-state index is 5.66. The average Bonchev–Trinajstić information content (AvgIpc) is 1.21. The first-order valence-corrected chi connectivity index (χ1v) is 11.0. The molecule has 0 amide bonds. The fourth-order valence-electron chi connectivity index (χ4n) is 0.485. The normalized spacial score (nSPS) is 12.8. The van der Waals surface area contributed by atoms with E-state index >= 15 is 0 Å². The first kappa shape index (κ1) is 9.12. The summed E-state index contributed by atoms with van der Waals surface area (Å²) in [5, 5.41) is 0. The van der Waals surface area contributed by atoms with Crippen LogP contribution in [-0.2, 0) is 4.12 Å². The predicted octanol–water partition coefficient (Wildman–Crippen LogP) is 2.39. The smallest absolute Gasteiger partial charge is 0.241 e. The van der Waals surface area contributed by atoms with Gasteiger partial charge in [0.2, 0.25) is 5.81 Å². The number of hydrogen-bond acceptors (Lipinski definition) is 1. The molecule has 4 heteroatoms. The summed E-state index contributed by atoms with van der Waals surface area (Å²) in [4.78, 5) is 0. The summed E-state index contributed by atoms with van der Waals surface area (Å²) in [5.74, 6) is -1.21. The van der Waals surface area contributed by atoms with E-state index < -0.39 is 14.9 Å². The lowest BCUT2D eigenvalue weighted by Crippen LogP contribution is -2.27. The lowest BCUT2D eigenvalue weighted by molar-refractivity contribution is 0.605. The van der Waals surface area contributed by atoms with Crippen molar-refractivity contribution in [2.75, 3.05) is 0 Å². The highest BCUT2D eigenvalue weighted by Gasteiger charge is 2.18. The van der Waals surface area contributed by atoms with Crippen molar-refractivity contribution in [2.45, 2.75) is 26.2 Å². The Kier molecular flexibility index (Phi) is 3.80. The average molecular weight is 259 g/mol. The minimum atomic E-state index is -1.21. The van der Waals surface area contributed by atoms with Crippen LogP contribution < -0.4 is 0 Å². The zero-order valence-electron chi connectivity index (χ0n) is 5.79. The van der Waals surface area contributed by atoms with E-state index in [2.05, 4.69) is 48.0 Å². The van der Waals surface area contributed by atoms with Crippen LogP contribution in [0.1, 0.15) is 0 Å². The summed E-state index contributed by atoms with van der Waals surface area (Å²) >= 11 is 2.43. The molecule has 0 aliphatic carbocycles. The standard InChI is InChI=1S/C4H12IOSi2/c1-7(2)6-8(3,4)5/h1-4H3. The molecule has 0 N–H and O–H groups in total. The third-order valence-electron chi connectivity index (χ3n) is 0.447. The Morgan fingerprint density at radius 2 is 1.75 bits per heavy atom. The summed E-state index contributed by atoms with van der Waals surface area (Å²) in [5.41, 5.74) is 0. The van der Waals surface area contributed by atoms with Gasteiger partial charge in [-0.05, 0) is 26.2 Å². The second-order valence-electron chi connectivity index (χ2n) is 2.37. The van der Waals surface area contributed by atoms with Gasteiger partial charge in [0, 0.05) is 0 Å². The molecular formula is C4H12IOSi2. The maximum absolute atomic E-state index is 5.66. The van der Waals surface area contributed by atoms with Crippen molar-refractivity contribution in [1.82, 2.24) is 0 Å². The van der Waals surface area contributed by atoms with E-state index in [1.807, 2.05) is 0 Å². The number of hydrogen-bond donors (Lipinski definition) is 0. The quantitative estimate of drug-likeness (QED) is 0.420. The summed E-state index contributed by atoms with van der Waals surface area (Å²) < 4.78 is 5.66. The van der Waals surface area contributed by atoms with E-state index in [0.29, 0.717) is 0 Å². The molecule has 0 saturated carbocycles. The van der Waals surface area contributed by atoms with Crippen LogP contribution in [0, 0.1) is 0 Å². The summed E-state index contributed by atoms with van der Waals surface area (Å²) in [6.45, 7) is 8.78. The van der Waals surface area contributed by atoms with Gasteiger partial charge in [-0.3, -0.25) is 0 Å². The van der Waals surface area contributed by atoms with Gasteiger partial charge in [0.25, 0.3) is 0 Å². The molecule has 8 heavy (non-hydrogen) atoms. The number of halogens is 1. The van der Waals surface area contributed by atoms with Crippen molar-refractivity contribution < 1.29 is 4.12 Å². The van der Waals surface area contributed by atoms with E-state index in [4.69, 9.17) is 4.12 Å². The van der Waals surface area contributed by atoms with Crippen LogP contribution in [-0.4, -0.2) is 14.9 Å². The van der Waals surface area contributed by atoms with Gasteiger partial charge in [-0.2, -0.15) is 0 Å². The SMILES string of the molecule is C[Si](C)O[Si](C)(C)I. The molecule has 0 aliphatic heterocycles. The Morgan fingerprint density at radius 3 is 1.75 bits per heavy atom. The van der Waals surface area contributed by atoms with E-state index in [1.54, 1.807) is 0 Å². The molecule has 0 aliphatic rings. The van der Waals surface area contributed by atoms with E-state index in [0.717, 1.165) is 0 Å². The molecular weight excluding hydrogens is 247 g/mol. The highest BCUT2D eigenvalue weighted by molar-refractivity contribution is 14.1. The number of rotatable bonds is 2. The Labute approximate surface area is 66.9 Å². The van der Waals surface area contributed by atoms with Crippen LogP contribution in [0.5, 0.6) is 0 Å². The van der Waals surface area contributed by atoms with Crippen LogP contribution >= 0.6 is 21.8 Å². The molecule has 0 aromatic carbocycles. The first-order valence-electron chi connectivity index (χ1n) is 2.60.